The topological polar surface area (TPSA) is 88.8 Å². The molecule has 1 aromatic carbocycles. The third-order valence-electron chi connectivity index (χ3n) is 6.60. The number of ether oxygens (including phenoxy) is 1. The van der Waals surface area contributed by atoms with Crippen LogP contribution in [-0.2, 0) is 22.4 Å². The summed E-state index contributed by atoms with van der Waals surface area (Å²) in [5.74, 6) is 2.63. The molecule has 8 heteroatoms. The van der Waals surface area contributed by atoms with E-state index in [1.165, 1.54) is 6.42 Å². The Morgan fingerprint density at radius 1 is 1.25 bits per heavy atom. The number of hydrogen-bond donors (Lipinski definition) is 0. The maximum atomic E-state index is 12.9. The molecule has 0 spiro atoms. The molecule has 1 aliphatic heterocycles. The van der Waals surface area contributed by atoms with Crippen molar-refractivity contribution in [3.8, 4) is 5.75 Å². The van der Waals surface area contributed by atoms with Crippen molar-refractivity contribution in [2.75, 3.05) is 26.7 Å². The molecule has 0 N–H and O–H groups in total. The Morgan fingerprint density at radius 2 is 2.09 bits per heavy atom. The summed E-state index contributed by atoms with van der Waals surface area (Å²) in [6.45, 7) is 3.40. The largest absolute Gasteiger partial charge is 0.497 e. The van der Waals surface area contributed by atoms with E-state index in [0.29, 0.717) is 37.7 Å². The number of hydrogen-bond acceptors (Lipinski definition) is 6. The third kappa shape index (κ3) is 5.29. The molecule has 2 aliphatic rings. The van der Waals surface area contributed by atoms with E-state index < -0.39 is 0 Å². The lowest BCUT2D eigenvalue weighted by molar-refractivity contribution is -0.138. The van der Waals surface area contributed by atoms with Crippen LogP contribution in [-0.4, -0.2) is 64.5 Å². The zero-order chi connectivity index (χ0) is 22.5. The Balaban J connectivity index is 1.34. The van der Waals surface area contributed by atoms with E-state index in [1.54, 1.807) is 14.0 Å². The van der Waals surface area contributed by atoms with E-state index in [0.717, 1.165) is 49.4 Å². The summed E-state index contributed by atoms with van der Waals surface area (Å²) in [5, 5.41) is 4.10. The standard InChI is InChI=1S/C24H32N4O4/c1-17(29)28(13-11-22-25-24(32-26-22)19-7-4-8-19)20-9-5-12-27(16-20)23(30)15-18-6-3-10-21(14-18)31-2/h3,6,10,14,19-20H,4-5,7-9,11-13,15-16H2,1-2H3. The molecule has 1 aliphatic carbocycles. The van der Waals surface area contributed by atoms with Gasteiger partial charge in [0.25, 0.3) is 0 Å². The lowest BCUT2D eigenvalue weighted by Crippen LogP contribution is -2.52. The fraction of sp³-hybridized carbons (Fsp3) is 0.583. The van der Waals surface area contributed by atoms with Crippen LogP contribution in [0, 0.1) is 0 Å². The minimum atomic E-state index is 0.00788. The van der Waals surface area contributed by atoms with Gasteiger partial charge in [0, 0.05) is 44.9 Å². The highest BCUT2D eigenvalue weighted by Crippen LogP contribution is 2.35. The van der Waals surface area contributed by atoms with Crippen LogP contribution in [0.15, 0.2) is 28.8 Å². The van der Waals surface area contributed by atoms with Crippen LogP contribution in [0.2, 0.25) is 0 Å². The normalized spacial score (nSPS) is 18.8. The number of piperidine rings is 1. The molecule has 2 heterocycles. The van der Waals surface area contributed by atoms with Gasteiger partial charge in [-0.25, -0.2) is 0 Å². The first-order chi connectivity index (χ1) is 15.5. The van der Waals surface area contributed by atoms with Crippen molar-refractivity contribution >= 4 is 11.8 Å². The van der Waals surface area contributed by atoms with Gasteiger partial charge in [-0.05, 0) is 43.4 Å². The molecule has 2 fully saturated rings. The number of carbonyl (C=O) groups is 2. The highest BCUT2D eigenvalue weighted by molar-refractivity contribution is 5.79. The van der Waals surface area contributed by atoms with Gasteiger partial charge in [0.15, 0.2) is 5.82 Å². The van der Waals surface area contributed by atoms with E-state index in [1.807, 2.05) is 34.1 Å². The number of carbonyl (C=O) groups excluding carboxylic acids is 2. The summed E-state index contributed by atoms with van der Waals surface area (Å²) in [5.41, 5.74) is 0.930. The van der Waals surface area contributed by atoms with E-state index in [-0.39, 0.29) is 17.9 Å². The number of aromatic nitrogens is 2. The van der Waals surface area contributed by atoms with Crippen LogP contribution >= 0.6 is 0 Å². The summed E-state index contributed by atoms with van der Waals surface area (Å²) in [4.78, 5) is 33.6. The summed E-state index contributed by atoms with van der Waals surface area (Å²) in [6, 6.07) is 7.60. The Kier molecular flexibility index (Phi) is 7.07. The van der Waals surface area contributed by atoms with Crippen molar-refractivity contribution in [1.82, 2.24) is 19.9 Å². The Hall–Kier alpha value is -2.90. The van der Waals surface area contributed by atoms with Crippen LogP contribution in [0.5, 0.6) is 5.75 Å². The summed E-state index contributed by atoms with van der Waals surface area (Å²) >= 11 is 0. The highest BCUT2D eigenvalue weighted by Gasteiger charge is 2.30. The van der Waals surface area contributed by atoms with Crippen molar-refractivity contribution in [1.29, 1.82) is 0 Å². The van der Waals surface area contributed by atoms with E-state index in [2.05, 4.69) is 10.1 Å². The first-order valence-corrected chi connectivity index (χ1v) is 11.5. The number of methoxy groups -OCH3 is 1. The molecule has 0 radical (unpaired) electrons. The zero-order valence-corrected chi connectivity index (χ0v) is 19.0. The number of rotatable bonds is 8. The smallest absolute Gasteiger partial charge is 0.229 e. The molecule has 1 saturated carbocycles. The van der Waals surface area contributed by atoms with Gasteiger partial charge in [0.1, 0.15) is 5.75 Å². The van der Waals surface area contributed by atoms with Crippen LogP contribution < -0.4 is 4.74 Å². The van der Waals surface area contributed by atoms with Crippen molar-refractivity contribution < 1.29 is 18.8 Å². The van der Waals surface area contributed by atoms with Gasteiger partial charge in [0.2, 0.25) is 17.7 Å². The van der Waals surface area contributed by atoms with E-state index in [9.17, 15) is 9.59 Å². The van der Waals surface area contributed by atoms with Gasteiger partial charge in [-0.1, -0.05) is 23.7 Å². The monoisotopic (exact) mass is 440 g/mol. The van der Waals surface area contributed by atoms with Gasteiger partial charge in [-0.2, -0.15) is 4.98 Å². The van der Waals surface area contributed by atoms with E-state index >= 15 is 0 Å². The van der Waals surface area contributed by atoms with Gasteiger partial charge >= 0.3 is 0 Å². The van der Waals surface area contributed by atoms with Crippen LogP contribution in [0.3, 0.4) is 0 Å². The predicted octanol–water partition coefficient (Wildman–Crippen LogP) is 2.97. The Bertz CT molecular complexity index is 940. The number of likely N-dealkylation sites (tertiary alicyclic amines) is 1. The average molecular weight is 441 g/mol. The van der Waals surface area contributed by atoms with Crippen molar-refractivity contribution in [2.45, 2.75) is 63.8 Å². The van der Waals surface area contributed by atoms with Crippen molar-refractivity contribution in [3.05, 3.63) is 41.5 Å². The number of amides is 2. The average Bonchev–Trinajstić information content (AvgIpc) is 3.21. The molecule has 172 valence electrons. The molecule has 2 amide bonds. The van der Waals surface area contributed by atoms with Gasteiger partial charge in [-0.15, -0.1) is 0 Å². The Morgan fingerprint density at radius 3 is 2.81 bits per heavy atom. The van der Waals surface area contributed by atoms with Gasteiger partial charge < -0.3 is 19.1 Å². The molecular formula is C24H32N4O4. The lowest BCUT2D eigenvalue weighted by Gasteiger charge is -2.39. The minimum Gasteiger partial charge on any atom is -0.497 e. The maximum Gasteiger partial charge on any atom is 0.229 e. The fourth-order valence-electron chi connectivity index (χ4n) is 4.51. The minimum absolute atomic E-state index is 0.00788. The highest BCUT2D eigenvalue weighted by atomic mass is 16.5. The molecule has 4 rings (SSSR count). The second kappa shape index (κ2) is 10.1. The predicted molar refractivity (Wildman–Crippen MR) is 118 cm³/mol. The van der Waals surface area contributed by atoms with Crippen molar-refractivity contribution in [3.63, 3.8) is 0 Å². The lowest BCUT2D eigenvalue weighted by atomic mass is 9.85. The molecule has 8 nitrogen and oxygen atoms in total. The maximum absolute atomic E-state index is 12.9. The van der Waals surface area contributed by atoms with Crippen LogP contribution in [0.25, 0.3) is 0 Å². The SMILES string of the molecule is COc1cccc(CC(=O)N2CCCC(N(CCc3noc(C4CCC4)n3)C(C)=O)C2)c1. The summed E-state index contributed by atoms with van der Waals surface area (Å²) in [6.07, 6.45) is 6.11. The number of nitrogens with zero attached hydrogens (tertiary/aromatic N) is 4. The molecule has 1 unspecified atom stereocenters. The summed E-state index contributed by atoms with van der Waals surface area (Å²) < 4.78 is 10.7. The number of benzene rings is 1. The van der Waals surface area contributed by atoms with Gasteiger partial charge in [0.05, 0.1) is 13.5 Å². The molecule has 32 heavy (non-hydrogen) atoms. The molecule has 1 aromatic heterocycles. The summed E-state index contributed by atoms with van der Waals surface area (Å²) in [7, 11) is 1.62. The molecule has 1 saturated heterocycles. The second-order valence-electron chi connectivity index (χ2n) is 8.80. The molecule has 2 aromatic rings. The van der Waals surface area contributed by atoms with E-state index in [4.69, 9.17) is 9.26 Å². The molecule has 1 atom stereocenters. The van der Waals surface area contributed by atoms with Gasteiger partial charge in [-0.3, -0.25) is 9.59 Å². The first-order valence-electron chi connectivity index (χ1n) is 11.5. The second-order valence-corrected chi connectivity index (χ2v) is 8.80. The zero-order valence-electron chi connectivity index (χ0n) is 19.0. The Labute approximate surface area is 188 Å². The molecular weight excluding hydrogens is 408 g/mol. The van der Waals surface area contributed by atoms with Crippen LogP contribution in [0.4, 0.5) is 0 Å². The van der Waals surface area contributed by atoms with Crippen molar-refractivity contribution in [2.24, 2.45) is 0 Å². The first kappa shape index (κ1) is 22.3. The van der Waals surface area contributed by atoms with Crippen LogP contribution in [0.1, 0.15) is 62.2 Å². The third-order valence-corrected chi connectivity index (χ3v) is 6.60. The fourth-order valence-corrected chi connectivity index (χ4v) is 4.51. The molecule has 0 bridgehead atoms. The quantitative estimate of drug-likeness (QED) is 0.627.